The highest BCUT2D eigenvalue weighted by Crippen LogP contribution is 2.19. The number of sulfonamides is 1. The quantitative estimate of drug-likeness (QED) is 0.778. The van der Waals surface area contributed by atoms with E-state index >= 15 is 0 Å². The molecule has 26 heavy (non-hydrogen) atoms. The molecule has 0 atom stereocenters. The Morgan fingerprint density at radius 1 is 1.19 bits per heavy atom. The Hall–Kier alpha value is -2.23. The minimum absolute atomic E-state index is 0.0456. The molecule has 0 bridgehead atoms. The second kappa shape index (κ2) is 7.98. The summed E-state index contributed by atoms with van der Waals surface area (Å²) in [6.07, 6.45) is 5.01. The second-order valence-electron chi connectivity index (χ2n) is 5.74. The summed E-state index contributed by atoms with van der Waals surface area (Å²) in [6, 6.07) is 6.38. The number of carbonyl (C=O) groups excluding carboxylic acids is 1. The number of hydrogen-bond donors (Lipinski definition) is 1. The molecule has 1 fully saturated rings. The van der Waals surface area contributed by atoms with Crippen molar-refractivity contribution in [3.63, 3.8) is 0 Å². The lowest BCUT2D eigenvalue weighted by molar-refractivity contribution is -0.126. The molecule has 3 rings (SSSR count). The first-order valence-corrected chi connectivity index (χ1v) is 10.5. The third kappa shape index (κ3) is 4.29. The summed E-state index contributed by atoms with van der Waals surface area (Å²) in [6.45, 7) is 2.84. The zero-order valence-electron chi connectivity index (χ0n) is 14.3. The van der Waals surface area contributed by atoms with E-state index in [9.17, 15) is 13.2 Å². The third-order valence-corrected chi connectivity index (χ3v) is 6.42. The van der Waals surface area contributed by atoms with Crippen LogP contribution in [-0.4, -0.2) is 57.4 Å². The summed E-state index contributed by atoms with van der Waals surface area (Å²) in [7, 11) is -2.07. The molecule has 0 saturated carbocycles. The normalized spacial score (nSPS) is 15.6. The zero-order valence-corrected chi connectivity index (χ0v) is 16.0. The van der Waals surface area contributed by atoms with Crippen LogP contribution in [0.1, 0.15) is 5.56 Å². The van der Waals surface area contributed by atoms with Crippen LogP contribution in [0, 0.1) is 0 Å². The number of piperazine rings is 1. The summed E-state index contributed by atoms with van der Waals surface area (Å²) < 4.78 is 25.7. The summed E-state index contributed by atoms with van der Waals surface area (Å²) in [5.74, 6) is -0.0456. The average molecular weight is 393 g/mol. The van der Waals surface area contributed by atoms with E-state index in [2.05, 4.69) is 14.6 Å². The molecule has 0 radical (unpaired) electrons. The van der Waals surface area contributed by atoms with Gasteiger partial charge in [-0.05, 0) is 30.8 Å². The van der Waals surface area contributed by atoms with Gasteiger partial charge < -0.3 is 9.80 Å². The SMILES string of the molecule is CNS(=O)(=O)c1ccc(/C=C/C(=O)N2CCN(c3nccs3)CC2)cc1. The van der Waals surface area contributed by atoms with Crippen LogP contribution in [0.15, 0.2) is 46.8 Å². The molecule has 138 valence electrons. The molecule has 2 aromatic rings. The number of thiazole rings is 1. The van der Waals surface area contributed by atoms with Gasteiger partial charge in [0, 0.05) is 43.8 Å². The van der Waals surface area contributed by atoms with Crippen molar-refractivity contribution in [3.8, 4) is 0 Å². The van der Waals surface area contributed by atoms with Crippen molar-refractivity contribution in [2.24, 2.45) is 0 Å². The minimum Gasteiger partial charge on any atom is -0.345 e. The van der Waals surface area contributed by atoms with Gasteiger partial charge in [0.15, 0.2) is 5.13 Å². The fraction of sp³-hybridized carbons (Fsp3) is 0.294. The van der Waals surface area contributed by atoms with E-state index in [0.717, 1.165) is 23.8 Å². The average Bonchev–Trinajstić information content (AvgIpc) is 3.21. The van der Waals surface area contributed by atoms with Gasteiger partial charge in [0.1, 0.15) is 0 Å². The molecule has 1 N–H and O–H groups in total. The predicted molar refractivity (Wildman–Crippen MR) is 103 cm³/mol. The van der Waals surface area contributed by atoms with Crippen molar-refractivity contribution < 1.29 is 13.2 Å². The van der Waals surface area contributed by atoms with E-state index in [0.29, 0.717) is 13.1 Å². The van der Waals surface area contributed by atoms with Gasteiger partial charge in [-0.2, -0.15) is 0 Å². The molecule has 0 aliphatic carbocycles. The van der Waals surface area contributed by atoms with Crippen LogP contribution in [0.4, 0.5) is 5.13 Å². The fourth-order valence-corrected chi connectivity index (χ4v) is 4.07. The fourth-order valence-electron chi connectivity index (χ4n) is 2.64. The summed E-state index contributed by atoms with van der Waals surface area (Å²) in [5.41, 5.74) is 0.773. The molecule has 9 heteroatoms. The predicted octanol–water partition coefficient (Wildman–Crippen LogP) is 1.41. The monoisotopic (exact) mass is 392 g/mol. The first-order valence-electron chi connectivity index (χ1n) is 8.14. The highest BCUT2D eigenvalue weighted by atomic mass is 32.2. The van der Waals surface area contributed by atoms with Gasteiger partial charge in [0.25, 0.3) is 0 Å². The highest BCUT2D eigenvalue weighted by molar-refractivity contribution is 7.89. The maximum Gasteiger partial charge on any atom is 0.246 e. The third-order valence-electron chi connectivity index (χ3n) is 4.16. The highest BCUT2D eigenvalue weighted by Gasteiger charge is 2.20. The molecule has 1 aliphatic rings. The van der Waals surface area contributed by atoms with E-state index in [1.165, 1.54) is 25.3 Å². The number of carbonyl (C=O) groups is 1. The minimum atomic E-state index is -3.45. The molecule has 1 aromatic carbocycles. The van der Waals surface area contributed by atoms with Crippen molar-refractivity contribution in [2.75, 3.05) is 38.1 Å². The maximum atomic E-state index is 12.3. The summed E-state index contributed by atoms with van der Waals surface area (Å²) in [4.78, 5) is 20.8. The van der Waals surface area contributed by atoms with E-state index in [1.807, 2.05) is 5.38 Å². The molecule has 2 heterocycles. The molecular weight excluding hydrogens is 372 g/mol. The van der Waals surface area contributed by atoms with Crippen LogP contribution >= 0.6 is 11.3 Å². The topological polar surface area (TPSA) is 82.6 Å². The van der Waals surface area contributed by atoms with E-state index < -0.39 is 10.0 Å². The number of hydrogen-bond acceptors (Lipinski definition) is 6. The van der Waals surface area contributed by atoms with E-state index in [-0.39, 0.29) is 10.8 Å². The molecular formula is C17H20N4O3S2. The Balaban J connectivity index is 1.56. The summed E-state index contributed by atoms with van der Waals surface area (Å²) in [5, 5.41) is 2.94. The Labute approximate surface area is 157 Å². The Morgan fingerprint density at radius 3 is 2.46 bits per heavy atom. The van der Waals surface area contributed by atoms with Crippen molar-refractivity contribution in [2.45, 2.75) is 4.90 Å². The van der Waals surface area contributed by atoms with Crippen LogP contribution in [0.5, 0.6) is 0 Å². The molecule has 1 saturated heterocycles. The number of rotatable bonds is 5. The second-order valence-corrected chi connectivity index (χ2v) is 8.50. The Kier molecular flexibility index (Phi) is 5.70. The van der Waals surface area contributed by atoms with Crippen LogP contribution in [0.3, 0.4) is 0 Å². The molecule has 0 spiro atoms. The van der Waals surface area contributed by atoms with Crippen LogP contribution < -0.4 is 9.62 Å². The largest absolute Gasteiger partial charge is 0.345 e. The molecule has 1 aromatic heterocycles. The number of nitrogens with zero attached hydrogens (tertiary/aromatic N) is 3. The summed E-state index contributed by atoms with van der Waals surface area (Å²) >= 11 is 1.60. The van der Waals surface area contributed by atoms with E-state index in [4.69, 9.17) is 0 Å². The number of aromatic nitrogens is 1. The lowest BCUT2D eigenvalue weighted by Gasteiger charge is -2.34. The van der Waals surface area contributed by atoms with Crippen molar-refractivity contribution in [3.05, 3.63) is 47.5 Å². The molecule has 1 aliphatic heterocycles. The smallest absolute Gasteiger partial charge is 0.246 e. The zero-order chi connectivity index (χ0) is 18.6. The van der Waals surface area contributed by atoms with Gasteiger partial charge in [-0.25, -0.2) is 18.1 Å². The molecule has 0 unspecified atom stereocenters. The van der Waals surface area contributed by atoms with Crippen molar-refractivity contribution in [1.82, 2.24) is 14.6 Å². The number of benzene rings is 1. The van der Waals surface area contributed by atoms with Crippen LogP contribution in [0.25, 0.3) is 6.08 Å². The first-order chi connectivity index (χ1) is 12.5. The van der Waals surface area contributed by atoms with Gasteiger partial charge in [0.05, 0.1) is 4.90 Å². The Bertz CT molecular complexity index is 869. The van der Waals surface area contributed by atoms with Gasteiger partial charge in [-0.3, -0.25) is 4.79 Å². The van der Waals surface area contributed by atoms with Crippen LogP contribution in [-0.2, 0) is 14.8 Å². The Morgan fingerprint density at radius 2 is 1.88 bits per heavy atom. The number of nitrogens with one attached hydrogen (secondary N) is 1. The van der Waals surface area contributed by atoms with Gasteiger partial charge in [-0.15, -0.1) is 11.3 Å². The number of anilines is 1. The molecule has 7 nitrogen and oxygen atoms in total. The standard InChI is InChI=1S/C17H20N4O3S2/c1-18-26(23,24)15-5-2-14(3-6-15)4-7-16(22)20-9-11-21(12-10-20)17-19-8-13-25-17/h2-8,13,18H,9-12H2,1H3/b7-4+. The van der Waals surface area contributed by atoms with Crippen molar-refractivity contribution >= 4 is 38.5 Å². The molecule has 1 amide bonds. The first kappa shape index (κ1) is 18.6. The van der Waals surface area contributed by atoms with Crippen LogP contribution in [0.2, 0.25) is 0 Å². The maximum absolute atomic E-state index is 12.3. The van der Waals surface area contributed by atoms with Gasteiger partial charge in [0.2, 0.25) is 15.9 Å². The van der Waals surface area contributed by atoms with Gasteiger partial charge in [-0.1, -0.05) is 12.1 Å². The lowest BCUT2D eigenvalue weighted by Crippen LogP contribution is -2.48. The number of amides is 1. The van der Waals surface area contributed by atoms with Gasteiger partial charge >= 0.3 is 0 Å². The lowest BCUT2D eigenvalue weighted by atomic mass is 10.2. The van der Waals surface area contributed by atoms with E-state index in [1.54, 1.807) is 40.6 Å². The van der Waals surface area contributed by atoms with Crippen molar-refractivity contribution in [1.29, 1.82) is 0 Å².